The van der Waals surface area contributed by atoms with E-state index < -0.39 is 5.67 Å². The Hall–Kier alpha value is -2.86. The smallest absolute Gasteiger partial charge is 0.150 e. The maximum atomic E-state index is 13.3. The molecule has 7 heteroatoms. The van der Waals surface area contributed by atoms with Crippen molar-refractivity contribution < 1.29 is 9.18 Å². The highest BCUT2D eigenvalue weighted by molar-refractivity contribution is 6.29. The minimum absolute atomic E-state index is 0.284. The second-order valence-electron chi connectivity index (χ2n) is 6.57. The lowest BCUT2D eigenvalue weighted by molar-refractivity contribution is 0.112. The monoisotopic (exact) mass is 400 g/mol. The molecule has 0 radical (unpaired) electrons. The summed E-state index contributed by atoms with van der Waals surface area (Å²) >= 11 is 5.85. The van der Waals surface area contributed by atoms with E-state index >= 15 is 0 Å². The van der Waals surface area contributed by atoms with Crippen LogP contribution in [0, 0.1) is 6.92 Å². The van der Waals surface area contributed by atoms with Gasteiger partial charge < -0.3 is 5.32 Å². The van der Waals surface area contributed by atoms with Crippen LogP contribution in [0.5, 0.6) is 0 Å². The van der Waals surface area contributed by atoms with Gasteiger partial charge in [-0.2, -0.15) is 0 Å². The van der Waals surface area contributed by atoms with Gasteiger partial charge in [0.2, 0.25) is 0 Å². The number of aromatic nitrogens is 3. The maximum absolute atomic E-state index is 13.3. The molecule has 1 aromatic carbocycles. The van der Waals surface area contributed by atoms with Crippen LogP contribution in [0.1, 0.15) is 35.5 Å². The van der Waals surface area contributed by atoms with Crippen LogP contribution in [0.3, 0.4) is 0 Å². The van der Waals surface area contributed by atoms with Gasteiger partial charge in [0.25, 0.3) is 0 Å². The molecule has 0 unspecified atom stereocenters. The molecule has 3 rings (SSSR count). The van der Waals surface area contributed by atoms with Crippen LogP contribution in [0.15, 0.2) is 48.9 Å². The van der Waals surface area contributed by atoms with E-state index in [1.807, 2.05) is 26.1 Å². The van der Waals surface area contributed by atoms with Crippen molar-refractivity contribution in [2.75, 3.05) is 12.4 Å². The highest BCUT2D eigenvalue weighted by atomic mass is 35.5. The van der Waals surface area contributed by atoms with Crippen LogP contribution in [0.2, 0.25) is 5.15 Å². The van der Waals surface area contributed by atoms with Gasteiger partial charge in [0.1, 0.15) is 23.4 Å². The van der Waals surface area contributed by atoms with E-state index in [-0.39, 0.29) is 5.69 Å². The number of hydrogen-bond acceptors (Lipinski definition) is 5. The first-order valence-electron chi connectivity index (χ1n) is 8.61. The molecule has 0 aliphatic heterocycles. The van der Waals surface area contributed by atoms with Gasteiger partial charge in [-0.3, -0.25) is 9.78 Å². The number of aldehydes is 1. The molecule has 3 aromatic rings. The summed E-state index contributed by atoms with van der Waals surface area (Å²) in [7, 11) is 1.89. The highest BCUT2D eigenvalue weighted by Gasteiger charge is 2.20. The topological polar surface area (TPSA) is 67.8 Å². The zero-order valence-electron chi connectivity index (χ0n) is 16.2. The van der Waals surface area contributed by atoms with Crippen molar-refractivity contribution in [3.8, 4) is 11.3 Å². The predicted octanol–water partition coefficient (Wildman–Crippen LogP) is 5.25. The highest BCUT2D eigenvalue weighted by Crippen LogP contribution is 2.25. The molecule has 0 bridgehead atoms. The Bertz CT molecular complexity index is 957. The molecule has 0 atom stereocenters. The van der Waals surface area contributed by atoms with Crippen molar-refractivity contribution in [2.45, 2.75) is 26.4 Å². The average Bonchev–Trinajstić information content (AvgIpc) is 2.68. The van der Waals surface area contributed by atoms with Gasteiger partial charge in [0.05, 0.1) is 11.4 Å². The summed E-state index contributed by atoms with van der Waals surface area (Å²) in [5, 5.41) is 3.56. The minimum Gasteiger partial charge on any atom is -0.388 e. The molecule has 0 aliphatic carbocycles. The third-order valence-corrected chi connectivity index (χ3v) is 4.17. The number of aryl methyl sites for hydroxylation is 1. The van der Waals surface area contributed by atoms with Crippen LogP contribution in [-0.2, 0) is 5.67 Å². The Morgan fingerprint density at radius 2 is 1.86 bits per heavy atom. The van der Waals surface area contributed by atoms with Crippen LogP contribution in [0.25, 0.3) is 11.3 Å². The van der Waals surface area contributed by atoms with Crippen LogP contribution >= 0.6 is 11.6 Å². The molecule has 0 spiro atoms. The van der Waals surface area contributed by atoms with Crippen LogP contribution in [0.4, 0.5) is 10.1 Å². The number of nitrogens with zero attached hydrogens (tertiary/aromatic N) is 3. The largest absolute Gasteiger partial charge is 0.388 e. The Kier molecular flexibility index (Phi) is 7.18. The summed E-state index contributed by atoms with van der Waals surface area (Å²) < 4.78 is 13.3. The molecule has 0 saturated heterocycles. The van der Waals surface area contributed by atoms with E-state index in [2.05, 4.69) is 26.3 Å². The number of carbonyl (C=O) groups excluding carboxylic acids is 1. The Labute approximate surface area is 169 Å². The molecule has 0 saturated carbocycles. The third-order valence-electron chi connectivity index (χ3n) is 3.97. The first-order chi connectivity index (χ1) is 13.2. The number of anilines is 1. The summed E-state index contributed by atoms with van der Waals surface area (Å²) in [6.45, 7) is 4.86. The lowest BCUT2D eigenvalue weighted by Gasteiger charge is -2.12. The molecule has 2 aromatic heterocycles. The quantitative estimate of drug-likeness (QED) is 0.478. The summed E-state index contributed by atoms with van der Waals surface area (Å²) in [4.78, 5) is 22.3. The molecule has 0 amide bonds. The van der Waals surface area contributed by atoms with E-state index in [9.17, 15) is 9.18 Å². The van der Waals surface area contributed by atoms with Crippen molar-refractivity contribution in [1.82, 2.24) is 15.0 Å². The minimum atomic E-state index is -1.49. The fourth-order valence-electron chi connectivity index (χ4n) is 2.38. The number of pyridine rings is 1. The first-order valence-corrected chi connectivity index (χ1v) is 8.99. The summed E-state index contributed by atoms with van der Waals surface area (Å²) in [5.41, 5.74) is 3.37. The van der Waals surface area contributed by atoms with E-state index in [1.54, 1.807) is 12.1 Å². The maximum Gasteiger partial charge on any atom is 0.150 e. The fourth-order valence-corrected chi connectivity index (χ4v) is 2.53. The number of benzene rings is 1. The standard InChI is InChI=1S/C12H12ClN3.C9H10FNO/c1-8-3-4-9(14-2)5-10(8)11-6-12(13)16-7-15-11;1-9(2,10)8-5-7(6-12)3-4-11-8/h3-7,14H,1-2H3;3-6H,1-2H3. The number of hydrogen-bond donors (Lipinski definition) is 1. The molecule has 28 heavy (non-hydrogen) atoms. The molecule has 0 aliphatic rings. The second-order valence-corrected chi connectivity index (χ2v) is 6.96. The van der Waals surface area contributed by atoms with Gasteiger partial charge in [-0.15, -0.1) is 0 Å². The van der Waals surface area contributed by atoms with Crippen molar-refractivity contribution in [2.24, 2.45) is 0 Å². The molecule has 1 N–H and O–H groups in total. The van der Waals surface area contributed by atoms with Gasteiger partial charge in [-0.1, -0.05) is 17.7 Å². The molecule has 146 valence electrons. The Balaban J connectivity index is 0.000000209. The van der Waals surface area contributed by atoms with Gasteiger partial charge >= 0.3 is 0 Å². The van der Waals surface area contributed by atoms with Gasteiger partial charge in [0, 0.05) is 36.1 Å². The lowest BCUT2D eigenvalue weighted by atomic mass is 10.0. The van der Waals surface area contributed by atoms with E-state index in [0.29, 0.717) is 17.0 Å². The number of halogens is 2. The Morgan fingerprint density at radius 1 is 1.11 bits per heavy atom. The lowest BCUT2D eigenvalue weighted by Crippen LogP contribution is -2.11. The number of alkyl halides is 1. The molecule has 2 heterocycles. The second kappa shape index (κ2) is 9.37. The fraction of sp³-hybridized carbons (Fsp3) is 0.238. The van der Waals surface area contributed by atoms with Crippen molar-refractivity contribution in [3.63, 3.8) is 0 Å². The predicted molar refractivity (Wildman–Crippen MR) is 111 cm³/mol. The van der Waals surface area contributed by atoms with Crippen LogP contribution < -0.4 is 5.32 Å². The normalized spacial score (nSPS) is 10.6. The molecule has 5 nitrogen and oxygen atoms in total. The van der Waals surface area contributed by atoms with Crippen molar-refractivity contribution >= 4 is 23.6 Å². The van der Waals surface area contributed by atoms with Gasteiger partial charge in [-0.25, -0.2) is 14.4 Å². The number of rotatable bonds is 4. The summed E-state index contributed by atoms with van der Waals surface area (Å²) in [5.74, 6) is 0. The zero-order chi connectivity index (χ0) is 20.7. The molecule has 0 fully saturated rings. The van der Waals surface area contributed by atoms with E-state index in [4.69, 9.17) is 11.6 Å². The molecular weight excluding hydrogens is 379 g/mol. The summed E-state index contributed by atoms with van der Waals surface area (Å²) in [6, 6.07) is 10.9. The zero-order valence-corrected chi connectivity index (χ0v) is 17.0. The SMILES string of the molecule is CC(C)(F)c1cc(C=O)ccn1.CNc1ccc(C)c(-c2cc(Cl)ncn2)c1. The van der Waals surface area contributed by atoms with Crippen molar-refractivity contribution in [3.05, 3.63) is 70.9 Å². The van der Waals surface area contributed by atoms with Gasteiger partial charge in [0.15, 0.2) is 0 Å². The van der Waals surface area contributed by atoms with E-state index in [0.717, 1.165) is 22.5 Å². The number of carbonyl (C=O) groups is 1. The summed E-state index contributed by atoms with van der Waals surface area (Å²) in [6.07, 6.45) is 3.58. The number of nitrogens with one attached hydrogen (secondary N) is 1. The average molecular weight is 401 g/mol. The Morgan fingerprint density at radius 3 is 2.46 bits per heavy atom. The first kappa shape index (κ1) is 21.4. The van der Waals surface area contributed by atoms with Crippen LogP contribution in [-0.4, -0.2) is 28.3 Å². The third kappa shape index (κ3) is 5.82. The molecular formula is C21H22ClFN4O. The van der Waals surface area contributed by atoms with Crippen molar-refractivity contribution in [1.29, 1.82) is 0 Å². The van der Waals surface area contributed by atoms with Gasteiger partial charge in [-0.05, 0) is 50.6 Å². The van der Waals surface area contributed by atoms with E-state index in [1.165, 1.54) is 32.4 Å².